The summed E-state index contributed by atoms with van der Waals surface area (Å²) in [6, 6.07) is 2.53. The maximum absolute atomic E-state index is 12.6. The van der Waals surface area contributed by atoms with Gasteiger partial charge in [0.05, 0.1) is 25.7 Å². The number of nitrogens with one attached hydrogen (secondary N) is 1. The lowest BCUT2D eigenvalue weighted by Gasteiger charge is -2.20. The Morgan fingerprint density at radius 1 is 1.54 bits per heavy atom. The summed E-state index contributed by atoms with van der Waals surface area (Å²) in [4.78, 5) is 26.3. The number of ether oxygens (including phenoxy) is 1. The fourth-order valence-electron chi connectivity index (χ4n) is 2.85. The lowest BCUT2D eigenvalue weighted by Crippen LogP contribution is -2.48. The van der Waals surface area contributed by atoms with Crippen molar-refractivity contribution in [3.05, 3.63) is 36.4 Å². The van der Waals surface area contributed by atoms with Crippen LogP contribution in [0.15, 0.2) is 35.3 Å². The molecule has 1 amide bonds. The van der Waals surface area contributed by atoms with Gasteiger partial charge in [0, 0.05) is 32.3 Å². The van der Waals surface area contributed by atoms with E-state index in [9.17, 15) is 9.59 Å². The zero-order chi connectivity index (χ0) is 17.1. The Morgan fingerprint density at radius 2 is 2.38 bits per heavy atom. The number of furan rings is 1. The number of hydrogen-bond acceptors (Lipinski definition) is 6. The van der Waals surface area contributed by atoms with Gasteiger partial charge in [-0.25, -0.2) is 0 Å². The molecule has 0 spiro atoms. The Morgan fingerprint density at radius 3 is 3.00 bits per heavy atom. The molecule has 1 fully saturated rings. The van der Waals surface area contributed by atoms with Crippen molar-refractivity contribution in [2.24, 2.45) is 7.05 Å². The summed E-state index contributed by atoms with van der Waals surface area (Å²) in [6.45, 7) is 0.563. The van der Waals surface area contributed by atoms with E-state index in [0.717, 1.165) is 5.56 Å². The molecule has 0 bridgehead atoms. The number of esters is 1. The molecule has 8 heteroatoms. The van der Waals surface area contributed by atoms with Crippen molar-refractivity contribution in [2.45, 2.75) is 24.9 Å². The molecule has 0 saturated carbocycles. The molecule has 3 rings (SSSR count). The molecule has 2 aromatic heterocycles. The van der Waals surface area contributed by atoms with Crippen LogP contribution in [0.2, 0.25) is 0 Å². The van der Waals surface area contributed by atoms with Crippen molar-refractivity contribution in [3.8, 4) is 0 Å². The highest BCUT2D eigenvalue weighted by Gasteiger charge is 2.36. The van der Waals surface area contributed by atoms with Gasteiger partial charge in [0.25, 0.3) is 0 Å². The van der Waals surface area contributed by atoms with E-state index >= 15 is 0 Å². The number of anilines is 1. The van der Waals surface area contributed by atoms with Crippen LogP contribution in [0.5, 0.6) is 0 Å². The summed E-state index contributed by atoms with van der Waals surface area (Å²) in [5.41, 5.74) is 0.866. The Balaban J connectivity index is 1.68. The fraction of sp³-hybridized carbons (Fsp3) is 0.438. The molecule has 0 radical (unpaired) electrons. The van der Waals surface area contributed by atoms with E-state index in [0.29, 0.717) is 25.2 Å². The molecule has 0 aliphatic carbocycles. The predicted molar refractivity (Wildman–Crippen MR) is 85.3 cm³/mol. The zero-order valence-corrected chi connectivity index (χ0v) is 13.6. The highest BCUT2D eigenvalue weighted by Crippen LogP contribution is 2.20. The second kappa shape index (κ2) is 6.88. The summed E-state index contributed by atoms with van der Waals surface area (Å²) in [6.07, 6.45) is 5.92. The molecule has 128 valence electrons. The van der Waals surface area contributed by atoms with E-state index < -0.39 is 18.1 Å². The zero-order valence-electron chi connectivity index (χ0n) is 13.6. The van der Waals surface area contributed by atoms with E-state index in [4.69, 9.17) is 9.15 Å². The van der Waals surface area contributed by atoms with Gasteiger partial charge in [-0.2, -0.15) is 5.10 Å². The number of nitrogens with zero attached hydrogens (tertiary/aromatic N) is 3. The van der Waals surface area contributed by atoms with Crippen LogP contribution in [0.4, 0.5) is 5.82 Å². The molecule has 1 saturated heterocycles. The third kappa shape index (κ3) is 3.33. The lowest BCUT2D eigenvalue weighted by molar-refractivity contribution is -0.143. The molecule has 1 aliphatic heterocycles. The van der Waals surface area contributed by atoms with E-state index in [1.807, 2.05) is 0 Å². The third-order valence-corrected chi connectivity index (χ3v) is 4.09. The van der Waals surface area contributed by atoms with Crippen molar-refractivity contribution in [3.63, 3.8) is 0 Å². The second-order valence-corrected chi connectivity index (χ2v) is 5.76. The molecule has 2 unspecified atom stereocenters. The molecule has 1 aliphatic rings. The SMILES string of the molecule is COC(=O)C(Cc1ccoc1)NC1CCN(c2ccn(C)n2)C1=O. The molecule has 8 nitrogen and oxygen atoms in total. The van der Waals surface area contributed by atoms with Gasteiger partial charge in [-0.05, 0) is 18.1 Å². The minimum absolute atomic E-state index is 0.0882. The number of methoxy groups -OCH3 is 1. The van der Waals surface area contributed by atoms with E-state index in [1.54, 1.807) is 47.5 Å². The first-order valence-electron chi connectivity index (χ1n) is 7.74. The number of hydrogen-bond donors (Lipinski definition) is 1. The first-order chi connectivity index (χ1) is 11.6. The summed E-state index contributed by atoms with van der Waals surface area (Å²) < 4.78 is 11.5. The quantitative estimate of drug-likeness (QED) is 0.775. The fourth-order valence-corrected chi connectivity index (χ4v) is 2.85. The molecule has 2 atom stereocenters. The Kier molecular flexibility index (Phi) is 4.66. The Hall–Kier alpha value is -2.61. The number of carbonyl (C=O) groups is 2. The Bertz CT molecular complexity index is 709. The van der Waals surface area contributed by atoms with Crippen LogP contribution in [0.3, 0.4) is 0 Å². The monoisotopic (exact) mass is 332 g/mol. The molecule has 24 heavy (non-hydrogen) atoms. The lowest BCUT2D eigenvalue weighted by atomic mass is 10.1. The molecule has 3 heterocycles. The van der Waals surface area contributed by atoms with Crippen molar-refractivity contribution < 1.29 is 18.7 Å². The molecule has 2 aromatic rings. The maximum atomic E-state index is 12.6. The normalized spacial score (nSPS) is 18.8. The van der Waals surface area contributed by atoms with Crippen LogP contribution in [-0.2, 0) is 27.8 Å². The van der Waals surface area contributed by atoms with Crippen molar-refractivity contribution >= 4 is 17.7 Å². The minimum Gasteiger partial charge on any atom is -0.472 e. The van der Waals surface area contributed by atoms with Crippen LogP contribution < -0.4 is 10.2 Å². The minimum atomic E-state index is -0.606. The van der Waals surface area contributed by atoms with E-state index in [1.165, 1.54) is 7.11 Å². The van der Waals surface area contributed by atoms with Gasteiger partial charge in [-0.3, -0.25) is 24.5 Å². The number of aryl methyl sites for hydroxylation is 1. The third-order valence-electron chi connectivity index (χ3n) is 4.09. The molecular weight excluding hydrogens is 312 g/mol. The summed E-state index contributed by atoms with van der Waals surface area (Å²) in [7, 11) is 3.14. The predicted octanol–water partition coefficient (Wildman–Crippen LogP) is 0.492. The van der Waals surface area contributed by atoms with Gasteiger partial charge in [0.2, 0.25) is 5.91 Å². The summed E-state index contributed by atoms with van der Waals surface area (Å²) in [5.74, 6) is 0.131. The topological polar surface area (TPSA) is 89.6 Å². The average Bonchev–Trinajstić information content (AvgIpc) is 3.29. The van der Waals surface area contributed by atoms with Crippen molar-refractivity contribution in [1.29, 1.82) is 0 Å². The number of carbonyl (C=O) groups excluding carboxylic acids is 2. The van der Waals surface area contributed by atoms with Gasteiger partial charge in [0.1, 0.15) is 6.04 Å². The summed E-state index contributed by atoms with van der Waals surface area (Å²) in [5, 5.41) is 7.38. The van der Waals surface area contributed by atoms with Gasteiger partial charge >= 0.3 is 5.97 Å². The van der Waals surface area contributed by atoms with Gasteiger partial charge < -0.3 is 9.15 Å². The Labute approximate surface area is 139 Å². The first-order valence-corrected chi connectivity index (χ1v) is 7.74. The van der Waals surface area contributed by atoms with Gasteiger partial charge in [0.15, 0.2) is 5.82 Å². The van der Waals surface area contributed by atoms with Gasteiger partial charge in [-0.1, -0.05) is 0 Å². The van der Waals surface area contributed by atoms with Crippen LogP contribution >= 0.6 is 0 Å². The number of amides is 1. The van der Waals surface area contributed by atoms with Crippen LogP contribution in [-0.4, -0.2) is 47.4 Å². The molecule has 1 N–H and O–H groups in total. The first kappa shape index (κ1) is 16.3. The van der Waals surface area contributed by atoms with Crippen molar-refractivity contribution in [1.82, 2.24) is 15.1 Å². The molecular formula is C16H20N4O4. The summed E-state index contributed by atoms with van der Waals surface area (Å²) >= 11 is 0. The maximum Gasteiger partial charge on any atom is 0.323 e. The second-order valence-electron chi connectivity index (χ2n) is 5.76. The number of rotatable bonds is 6. The average molecular weight is 332 g/mol. The van der Waals surface area contributed by atoms with Crippen molar-refractivity contribution in [2.75, 3.05) is 18.6 Å². The van der Waals surface area contributed by atoms with E-state index in [2.05, 4.69) is 10.4 Å². The highest BCUT2D eigenvalue weighted by molar-refractivity contribution is 5.99. The number of aromatic nitrogens is 2. The van der Waals surface area contributed by atoms with Crippen LogP contribution in [0.25, 0.3) is 0 Å². The largest absolute Gasteiger partial charge is 0.472 e. The highest BCUT2D eigenvalue weighted by atomic mass is 16.5. The standard InChI is InChI=1S/C16H20N4O4/c1-19-6-4-14(18-19)20-7-3-12(15(20)21)17-13(16(22)23-2)9-11-5-8-24-10-11/h4-6,8,10,12-13,17H,3,7,9H2,1-2H3. The molecule has 0 aromatic carbocycles. The smallest absolute Gasteiger partial charge is 0.323 e. The van der Waals surface area contributed by atoms with Gasteiger partial charge in [-0.15, -0.1) is 0 Å². The van der Waals surface area contributed by atoms with Crippen LogP contribution in [0, 0.1) is 0 Å². The van der Waals surface area contributed by atoms with Crippen LogP contribution in [0.1, 0.15) is 12.0 Å². The van der Waals surface area contributed by atoms with E-state index in [-0.39, 0.29) is 5.91 Å².